The largest absolute Gasteiger partial charge is 0.464 e. The van der Waals surface area contributed by atoms with Gasteiger partial charge in [-0.1, -0.05) is 84.9 Å². The molecular weight excluding hydrogens is 401 g/mol. The highest BCUT2D eigenvalue weighted by atomic mass is 19.1. The molecule has 0 bridgehead atoms. The van der Waals surface area contributed by atoms with Crippen LogP contribution in [0.3, 0.4) is 0 Å². The molecule has 4 rings (SSSR count). The topological polar surface area (TPSA) is 38.7 Å². The fraction of sp³-hybridized carbons (Fsp3) is 0.214. The molecule has 0 aliphatic carbocycles. The minimum Gasteiger partial charge on any atom is -0.464 e. The minimum absolute atomic E-state index is 0.273. The molecule has 0 spiro atoms. The van der Waals surface area contributed by atoms with Crippen molar-refractivity contribution in [1.82, 2.24) is 0 Å². The van der Waals surface area contributed by atoms with Crippen molar-refractivity contribution in [3.8, 4) is 0 Å². The Hall–Kier alpha value is -3.53. The van der Waals surface area contributed by atoms with Crippen LogP contribution in [0.2, 0.25) is 0 Å². The molecule has 4 heteroatoms. The van der Waals surface area contributed by atoms with E-state index in [4.69, 9.17) is 9.73 Å². The summed E-state index contributed by atoms with van der Waals surface area (Å²) in [5.41, 5.74) is 2.35. The number of hydrogen-bond donors (Lipinski definition) is 0. The maximum Gasteiger partial charge on any atom is 0.334 e. The third kappa shape index (κ3) is 4.54. The van der Waals surface area contributed by atoms with E-state index in [2.05, 4.69) is 0 Å². The lowest BCUT2D eigenvalue weighted by Crippen LogP contribution is -2.42. The molecule has 162 valence electrons. The molecule has 0 N–H and O–H groups in total. The highest BCUT2D eigenvalue weighted by Crippen LogP contribution is 2.43. The van der Waals surface area contributed by atoms with Crippen LogP contribution < -0.4 is 0 Å². The molecule has 1 heterocycles. The number of carbonyl (C=O) groups excluding carboxylic acids is 1. The molecule has 0 saturated heterocycles. The first-order valence-corrected chi connectivity index (χ1v) is 10.9. The fourth-order valence-corrected chi connectivity index (χ4v) is 4.27. The van der Waals surface area contributed by atoms with Crippen LogP contribution in [-0.2, 0) is 9.53 Å². The summed E-state index contributed by atoms with van der Waals surface area (Å²) >= 11 is 0. The van der Waals surface area contributed by atoms with Gasteiger partial charge in [0.25, 0.3) is 0 Å². The van der Waals surface area contributed by atoms with Gasteiger partial charge in [-0.15, -0.1) is 0 Å². The zero-order valence-corrected chi connectivity index (χ0v) is 18.1. The minimum atomic E-state index is -1.11. The maximum absolute atomic E-state index is 13.9. The van der Waals surface area contributed by atoms with Gasteiger partial charge in [0.1, 0.15) is 5.82 Å². The molecule has 32 heavy (non-hydrogen) atoms. The normalized spacial score (nSPS) is 19.0. The number of rotatable bonds is 7. The number of carbonyl (C=O) groups is 1. The molecule has 0 radical (unpaired) electrons. The summed E-state index contributed by atoms with van der Waals surface area (Å²) in [5.74, 6) is -0.991. The van der Waals surface area contributed by atoms with Crippen molar-refractivity contribution in [3.63, 3.8) is 0 Å². The number of benzene rings is 3. The molecule has 3 aromatic carbocycles. The van der Waals surface area contributed by atoms with Crippen LogP contribution in [0, 0.1) is 5.82 Å². The lowest BCUT2D eigenvalue weighted by molar-refractivity contribution is -0.150. The lowest BCUT2D eigenvalue weighted by Gasteiger charge is -2.31. The summed E-state index contributed by atoms with van der Waals surface area (Å²) in [6.07, 6.45) is 5.13. The van der Waals surface area contributed by atoms with Crippen molar-refractivity contribution in [2.24, 2.45) is 4.99 Å². The van der Waals surface area contributed by atoms with E-state index in [9.17, 15) is 9.18 Å². The van der Waals surface area contributed by atoms with E-state index in [1.807, 2.05) is 78.9 Å². The first kappa shape index (κ1) is 21.7. The van der Waals surface area contributed by atoms with E-state index >= 15 is 0 Å². The van der Waals surface area contributed by atoms with Crippen LogP contribution in [0.1, 0.15) is 42.4 Å². The number of ether oxygens (including phenoxy) is 1. The van der Waals surface area contributed by atoms with Crippen molar-refractivity contribution >= 4 is 17.8 Å². The zero-order chi connectivity index (χ0) is 22.4. The first-order valence-electron chi connectivity index (χ1n) is 10.9. The van der Waals surface area contributed by atoms with Crippen molar-refractivity contribution in [3.05, 3.63) is 114 Å². The summed E-state index contributed by atoms with van der Waals surface area (Å²) in [4.78, 5) is 18.4. The zero-order valence-electron chi connectivity index (χ0n) is 18.1. The van der Waals surface area contributed by atoms with E-state index in [-0.39, 0.29) is 24.3 Å². The Bertz CT molecular complexity index is 1120. The summed E-state index contributed by atoms with van der Waals surface area (Å²) in [6.45, 7) is 2.07. The van der Waals surface area contributed by atoms with Gasteiger partial charge in [0.05, 0.1) is 6.61 Å². The summed E-state index contributed by atoms with van der Waals surface area (Å²) in [6, 6.07) is 26.2. The second-order valence-corrected chi connectivity index (χ2v) is 7.87. The Kier molecular flexibility index (Phi) is 6.60. The van der Waals surface area contributed by atoms with Crippen LogP contribution in [0.4, 0.5) is 4.39 Å². The number of esters is 1. The van der Waals surface area contributed by atoms with Crippen LogP contribution in [-0.4, -0.2) is 23.8 Å². The van der Waals surface area contributed by atoms with Gasteiger partial charge in [-0.25, -0.2) is 9.18 Å². The number of hydrogen-bond acceptors (Lipinski definition) is 3. The molecule has 0 amide bonds. The molecule has 0 fully saturated rings. The predicted octanol–water partition coefficient (Wildman–Crippen LogP) is 6.21. The van der Waals surface area contributed by atoms with Gasteiger partial charge in [0.15, 0.2) is 5.54 Å². The second-order valence-electron chi connectivity index (χ2n) is 7.87. The number of halogens is 1. The van der Waals surface area contributed by atoms with E-state index < -0.39 is 5.54 Å². The molecule has 1 aliphatic rings. The second kappa shape index (κ2) is 9.73. The first-order chi connectivity index (χ1) is 15.6. The highest BCUT2D eigenvalue weighted by molar-refractivity contribution is 6.05. The molecule has 0 unspecified atom stereocenters. The Morgan fingerprint density at radius 1 is 1.06 bits per heavy atom. The third-order valence-electron chi connectivity index (χ3n) is 5.82. The third-order valence-corrected chi connectivity index (χ3v) is 5.82. The average Bonchev–Trinajstić information content (AvgIpc) is 3.27. The molecular formula is C28H26FNO2. The molecule has 3 aromatic rings. The molecule has 3 nitrogen and oxygen atoms in total. The molecule has 0 aromatic heterocycles. The monoisotopic (exact) mass is 427 g/mol. The lowest BCUT2D eigenvalue weighted by atomic mass is 9.77. The average molecular weight is 428 g/mol. The van der Waals surface area contributed by atoms with Crippen LogP contribution >= 0.6 is 0 Å². The van der Waals surface area contributed by atoms with E-state index in [0.29, 0.717) is 18.4 Å². The van der Waals surface area contributed by atoms with Gasteiger partial charge < -0.3 is 4.74 Å². The molecule has 2 atom stereocenters. The molecule has 1 aliphatic heterocycles. The van der Waals surface area contributed by atoms with Gasteiger partial charge in [-0.2, -0.15) is 0 Å². The highest BCUT2D eigenvalue weighted by Gasteiger charge is 2.49. The SMILES string of the molecule is CCOC(=O)[C@@]1([C@H](/C=C/c2ccccc2)c2ccccc2)CCC(c2cccc(F)c2)=N1. The Balaban J connectivity index is 1.83. The smallest absolute Gasteiger partial charge is 0.334 e. The maximum atomic E-state index is 13.9. The van der Waals surface area contributed by atoms with Crippen LogP contribution in [0.15, 0.2) is 96.0 Å². The Labute approximate surface area is 188 Å². The quantitative estimate of drug-likeness (QED) is 0.421. The fourth-order valence-electron chi connectivity index (χ4n) is 4.27. The van der Waals surface area contributed by atoms with Crippen LogP contribution in [0.25, 0.3) is 6.08 Å². The Morgan fingerprint density at radius 3 is 2.47 bits per heavy atom. The van der Waals surface area contributed by atoms with Gasteiger partial charge in [-0.3, -0.25) is 4.99 Å². The van der Waals surface area contributed by atoms with Gasteiger partial charge in [0.2, 0.25) is 0 Å². The van der Waals surface area contributed by atoms with Gasteiger partial charge in [-0.05, 0) is 48.6 Å². The van der Waals surface area contributed by atoms with Gasteiger partial charge >= 0.3 is 5.97 Å². The summed E-state index contributed by atoms with van der Waals surface area (Å²) < 4.78 is 19.4. The van der Waals surface area contributed by atoms with Crippen molar-refractivity contribution in [1.29, 1.82) is 0 Å². The Morgan fingerprint density at radius 2 is 1.78 bits per heavy atom. The standard InChI is InChI=1S/C28H26FNO2/c1-2-32-27(31)28(19-18-26(30-28)23-14-9-15-24(29)20-23)25(22-12-7-4-8-13-22)17-16-21-10-5-3-6-11-21/h3-17,20,25H,2,18-19H2,1H3/b17-16+/t25-,28+/m1/s1. The molecule has 0 saturated carbocycles. The van der Waals surface area contributed by atoms with Crippen molar-refractivity contribution < 1.29 is 13.9 Å². The van der Waals surface area contributed by atoms with E-state index in [0.717, 1.165) is 16.8 Å². The van der Waals surface area contributed by atoms with Crippen LogP contribution in [0.5, 0.6) is 0 Å². The predicted molar refractivity (Wildman–Crippen MR) is 126 cm³/mol. The number of nitrogens with zero attached hydrogens (tertiary/aromatic N) is 1. The van der Waals surface area contributed by atoms with E-state index in [1.54, 1.807) is 13.0 Å². The summed E-state index contributed by atoms with van der Waals surface area (Å²) in [5, 5.41) is 0. The van der Waals surface area contributed by atoms with Crippen molar-refractivity contribution in [2.75, 3.05) is 6.61 Å². The number of aliphatic imine (C=N–C) groups is 1. The summed E-state index contributed by atoms with van der Waals surface area (Å²) in [7, 11) is 0. The van der Waals surface area contributed by atoms with Gasteiger partial charge in [0, 0.05) is 11.6 Å². The van der Waals surface area contributed by atoms with Crippen molar-refractivity contribution in [2.45, 2.75) is 31.2 Å². The van der Waals surface area contributed by atoms with E-state index in [1.165, 1.54) is 12.1 Å².